The van der Waals surface area contributed by atoms with E-state index in [9.17, 15) is 70.0 Å². The summed E-state index contributed by atoms with van der Waals surface area (Å²) in [4.78, 5) is 0. The summed E-state index contributed by atoms with van der Waals surface area (Å²) >= 11 is 0. The maximum atomic E-state index is 13.2. The predicted octanol–water partition coefficient (Wildman–Crippen LogP) is 0.681. The fraction of sp³-hybridized carbons (Fsp3) is 1.00. The summed E-state index contributed by atoms with van der Waals surface area (Å²) in [7, 11) is -4.92. The van der Waals surface area contributed by atoms with E-state index in [1.165, 1.54) is 0 Å². The minimum atomic E-state index is -8.00. The number of hydrogen-bond acceptors (Lipinski definition) is 4. The van der Waals surface area contributed by atoms with Gasteiger partial charge in [-0.05, 0) is 6.42 Å². The van der Waals surface area contributed by atoms with Crippen molar-refractivity contribution in [2.45, 2.75) is 42.2 Å². The quantitative estimate of drug-likeness (QED) is 0.194. The molecule has 0 fully saturated rings. The first kappa shape index (κ1) is 31.1. The minimum Gasteiger partial charge on any atom is -0.748 e. The first-order valence-electron chi connectivity index (χ1n) is 6.43. The Morgan fingerprint density at radius 3 is 1.41 bits per heavy atom. The standard InChI is InChI=1S/C10H9F13O4S.Na/c11-5(12,4-27-2-1-3-28(24,25)26)6(13,14)7(15,16)8(17,18)9(19,20)10(21,22)23;/h1-4H2,(H,24,25,26);/q;+1/p-1. The Morgan fingerprint density at radius 2 is 1.07 bits per heavy atom. The first-order chi connectivity index (χ1) is 12.0. The van der Waals surface area contributed by atoms with Gasteiger partial charge in [0, 0.05) is 12.4 Å². The molecule has 0 aromatic rings. The Kier molecular flexibility index (Phi) is 9.90. The average molecular weight is 494 g/mol. The second kappa shape index (κ2) is 9.22. The molecule has 0 N–H and O–H groups in total. The second-order valence-corrected chi connectivity index (χ2v) is 6.69. The van der Waals surface area contributed by atoms with Gasteiger partial charge in [0.1, 0.15) is 6.61 Å². The molecule has 0 aromatic carbocycles. The van der Waals surface area contributed by atoms with Crippen LogP contribution in [0.25, 0.3) is 0 Å². The van der Waals surface area contributed by atoms with E-state index < -0.39 is 71.3 Å². The van der Waals surface area contributed by atoms with Gasteiger partial charge in [-0.3, -0.25) is 0 Å². The smallest absolute Gasteiger partial charge is 0.748 e. The summed E-state index contributed by atoms with van der Waals surface area (Å²) in [5.74, 6) is -38.9. The van der Waals surface area contributed by atoms with Crippen LogP contribution in [0.3, 0.4) is 0 Å². The van der Waals surface area contributed by atoms with Crippen molar-refractivity contribution in [3.8, 4) is 0 Å². The van der Waals surface area contributed by atoms with E-state index in [2.05, 4.69) is 4.74 Å². The van der Waals surface area contributed by atoms with Gasteiger partial charge in [0.15, 0.2) is 0 Å². The molecule has 0 rings (SSSR count). The Balaban J connectivity index is 0. The molecule has 0 unspecified atom stereocenters. The number of rotatable bonds is 10. The second-order valence-electron chi connectivity index (χ2n) is 5.17. The monoisotopic (exact) mass is 494 g/mol. The van der Waals surface area contributed by atoms with Gasteiger partial charge in [0.2, 0.25) is 0 Å². The summed E-state index contributed by atoms with van der Waals surface area (Å²) in [6.45, 7) is -4.18. The van der Waals surface area contributed by atoms with Gasteiger partial charge < -0.3 is 9.29 Å². The molecule has 0 saturated heterocycles. The van der Waals surface area contributed by atoms with Crippen molar-refractivity contribution in [2.75, 3.05) is 19.0 Å². The molecule has 0 bridgehead atoms. The van der Waals surface area contributed by atoms with Crippen LogP contribution in [0.5, 0.6) is 0 Å². The summed E-state index contributed by atoms with van der Waals surface area (Å²) in [5.41, 5.74) is 0. The van der Waals surface area contributed by atoms with Crippen LogP contribution in [0.2, 0.25) is 0 Å². The van der Waals surface area contributed by atoms with E-state index in [0.29, 0.717) is 0 Å². The van der Waals surface area contributed by atoms with Crippen LogP contribution in [0.4, 0.5) is 57.1 Å². The van der Waals surface area contributed by atoms with E-state index >= 15 is 0 Å². The van der Waals surface area contributed by atoms with Crippen molar-refractivity contribution in [1.29, 1.82) is 0 Å². The fourth-order valence-corrected chi connectivity index (χ4v) is 1.90. The Bertz CT molecular complexity index is 646. The minimum absolute atomic E-state index is 0. The number of alkyl halides is 13. The molecule has 0 saturated carbocycles. The summed E-state index contributed by atoms with van der Waals surface area (Å²) in [5, 5.41) is 0. The third-order valence-corrected chi connectivity index (χ3v) is 3.75. The predicted molar refractivity (Wildman–Crippen MR) is 60.8 cm³/mol. The average Bonchev–Trinajstić information content (AvgIpc) is 2.43. The van der Waals surface area contributed by atoms with Gasteiger partial charge in [-0.25, -0.2) is 8.42 Å². The molecule has 170 valence electrons. The van der Waals surface area contributed by atoms with Crippen LogP contribution in [0.1, 0.15) is 6.42 Å². The van der Waals surface area contributed by atoms with Gasteiger partial charge in [0.05, 0.1) is 10.1 Å². The van der Waals surface area contributed by atoms with Gasteiger partial charge in [-0.2, -0.15) is 57.1 Å². The molecule has 0 aliphatic rings. The molecular weight excluding hydrogens is 486 g/mol. The molecular formula is C10H8F13NaO4S. The molecule has 0 atom stereocenters. The summed E-state index contributed by atoms with van der Waals surface area (Å²) < 4.78 is 199. The molecule has 0 aromatic heterocycles. The van der Waals surface area contributed by atoms with Crippen molar-refractivity contribution < 1.29 is 104 Å². The third-order valence-electron chi connectivity index (χ3n) is 2.96. The molecule has 0 aliphatic carbocycles. The zero-order valence-electron chi connectivity index (χ0n) is 13.8. The summed E-state index contributed by atoms with van der Waals surface area (Å²) in [6, 6.07) is 0. The molecule has 4 nitrogen and oxygen atoms in total. The van der Waals surface area contributed by atoms with Gasteiger partial charge in [-0.1, -0.05) is 0 Å². The number of ether oxygens (including phenoxy) is 1. The van der Waals surface area contributed by atoms with Crippen molar-refractivity contribution in [3.63, 3.8) is 0 Å². The summed E-state index contributed by atoms with van der Waals surface area (Å²) in [6.07, 6.45) is -8.43. The van der Waals surface area contributed by atoms with E-state index in [1.54, 1.807) is 0 Å². The molecule has 0 radical (unpaired) electrons. The first-order valence-corrected chi connectivity index (χ1v) is 8.00. The van der Waals surface area contributed by atoms with Gasteiger partial charge in [0.25, 0.3) is 0 Å². The largest absolute Gasteiger partial charge is 1.00 e. The van der Waals surface area contributed by atoms with E-state index in [4.69, 9.17) is 0 Å². The van der Waals surface area contributed by atoms with E-state index in [0.717, 1.165) is 0 Å². The van der Waals surface area contributed by atoms with Crippen molar-refractivity contribution in [2.24, 2.45) is 0 Å². The van der Waals surface area contributed by atoms with Crippen LogP contribution in [-0.4, -0.2) is 67.7 Å². The van der Waals surface area contributed by atoms with Crippen molar-refractivity contribution in [3.05, 3.63) is 0 Å². The Morgan fingerprint density at radius 1 is 0.690 bits per heavy atom. The normalized spacial score (nSPS) is 15.2. The maximum absolute atomic E-state index is 13.2. The van der Waals surface area contributed by atoms with E-state index in [1.807, 2.05) is 0 Å². The molecule has 19 heteroatoms. The van der Waals surface area contributed by atoms with Crippen LogP contribution in [0, 0.1) is 0 Å². The molecule has 0 heterocycles. The van der Waals surface area contributed by atoms with E-state index in [-0.39, 0.29) is 29.6 Å². The SMILES string of the molecule is O=S(=O)([O-])CCCOCC(F)(F)C(F)(F)C(F)(F)C(F)(F)C(F)(F)C(F)(F)F.[Na+]. The maximum Gasteiger partial charge on any atom is 1.00 e. The number of hydrogen-bond donors (Lipinski definition) is 0. The Hall–Kier alpha value is -0.0400. The Labute approximate surface area is 175 Å². The number of halogens is 13. The van der Waals surface area contributed by atoms with Crippen molar-refractivity contribution >= 4 is 10.1 Å². The van der Waals surface area contributed by atoms with Crippen LogP contribution in [-0.2, 0) is 14.9 Å². The van der Waals surface area contributed by atoms with Gasteiger partial charge in [-0.15, -0.1) is 0 Å². The molecule has 0 spiro atoms. The molecule has 0 aliphatic heterocycles. The zero-order valence-corrected chi connectivity index (χ0v) is 16.6. The van der Waals surface area contributed by atoms with Gasteiger partial charge >= 0.3 is 65.3 Å². The zero-order chi connectivity index (χ0) is 23.0. The van der Waals surface area contributed by atoms with Crippen LogP contribution in [0.15, 0.2) is 0 Å². The fourth-order valence-electron chi connectivity index (χ4n) is 1.43. The molecule has 29 heavy (non-hydrogen) atoms. The van der Waals surface area contributed by atoms with Crippen molar-refractivity contribution in [1.82, 2.24) is 0 Å². The topological polar surface area (TPSA) is 66.4 Å². The van der Waals surface area contributed by atoms with Crippen LogP contribution >= 0.6 is 0 Å². The molecule has 0 amide bonds. The van der Waals surface area contributed by atoms with Crippen LogP contribution < -0.4 is 29.6 Å². The third kappa shape index (κ3) is 6.24.